The molecule has 2 unspecified atom stereocenters. The summed E-state index contributed by atoms with van der Waals surface area (Å²) < 4.78 is 19.2. The van der Waals surface area contributed by atoms with E-state index in [1.165, 1.54) is 0 Å². The molecule has 0 radical (unpaired) electrons. The summed E-state index contributed by atoms with van der Waals surface area (Å²) in [5.74, 6) is -0.878. The Morgan fingerprint density at radius 3 is 2.85 bits per heavy atom. The quantitative estimate of drug-likeness (QED) is 0.407. The van der Waals surface area contributed by atoms with Gasteiger partial charge < -0.3 is 15.8 Å². The number of halogens is 2. The topological polar surface area (TPSA) is 93.4 Å². The van der Waals surface area contributed by atoms with E-state index in [1.54, 1.807) is 0 Å². The first-order chi connectivity index (χ1) is 9.46. The number of urea groups is 1. The average molecular weight is 300 g/mol. The summed E-state index contributed by atoms with van der Waals surface area (Å²) in [7, 11) is 0. The standard InChI is InChI=1S/C12H11ClFN3O3/c13-4-6-3-12(10(18)16-11(19)17-12)7-1-5(14)2-8(15)9(7)20-6/h1-2,6H,3-4,15H2,(H2,16,17,18,19). The zero-order chi connectivity index (χ0) is 14.5. The summed E-state index contributed by atoms with van der Waals surface area (Å²) in [4.78, 5) is 23.6. The van der Waals surface area contributed by atoms with Gasteiger partial charge in [0.2, 0.25) is 0 Å². The molecule has 0 aromatic heterocycles. The molecule has 4 N–H and O–H groups in total. The molecule has 1 saturated heterocycles. The zero-order valence-corrected chi connectivity index (χ0v) is 11.0. The maximum atomic E-state index is 13.6. The van der Waals surface area contributed by atoms with Gasteiger partial charge in [-0.15, -0.1) is 11.6 Å². The molecule has 8 heteroatoms. The summed E-state index contributed by atoms with van der Waals surface area (Å²) in [6.45, 7) is 0. The van der Waals surface area contributed by atoms with Crippen molar-refractivity contribution in [1.82, 2.24) is 10.6 Å². The van der Waals surface area contributed by atoms with Gasteiger partial charge >= 0.3 is 6.03 Å². The van der Waals surface area contributed by atoms with Crippen molar-refractivity contribution in [3.05, 3.63) is 23.5 Å². The van der Waals surface area contributed by atoms with Crippen LogP contribution in [-0.2, 0) is 10.3 Å². The molecule has 3 amide bonds. The van der Waals surface area contributed by atoms with Gasteiger partial charge in [0.25, 0.3) is 5.91 Å². The van der Waals surface area contributed by atoms with E-state index in [1.807, 2.05) is 0 Å². The molecule has 2 aliphatic heterocycles. The molecule has 0 aliphatic carbocycles. The minimum Gasteiger partial charge on any atom is -0.486 e. The maximum absolute atomic E-state index is 13.6. The predicted molar refractivity (Wildman–Crippen MR) is 68.9 cm³/mol. The van der Waals surface area contributed by atoms with Crippen LogP contribution in [0.3, 0.4) is 0 Å². The minimum absolute atomic E-state index is 0.0585. The van der Waals surface area contributed by atoms with Crippen LogP contribution in [0.1, 0.15) is 12.0 Å². The van der Waals surface area contributed by atoms with E-state index < -0.39 is 29.4 Å². The fourth-order valence-corrected chi connectivity index (χ4v) is 2.81. The number of fused-ring (bicyclic) bond motifs is 2. The second kappa shape index (κ2) is 4.24. The highest BCUT2D eigenvalue weighted by Crippen LogP contribution is 2.44. The number of nitrogen functional groups attached to an aromatic ring is 1. The number of alkyl halides is 1. The van der Waals surface area contributed by atoms with Crippen LogP contribution in [0.4, 0.5) is 14.9 Å². The molecular formula is C12H11ClFN3O3. The fourth-order valence-electron chi connectivity index (χ4n) is 2.63. The molecule has 2 atom stereocenters. The van der Waals surface area contributed by atoms with Gasteiger partial charge in [-0.2, -0.15) is 0 Å². The Balaban J connectivity index is 2.22. The lowest BCUT2D eigenvalue weighted by atomic mass is 9.81. The highest BCUT2D eigenvalue weighted by Gasteiger charge is 2.53. The van der Waals surface area contributed by atoms with E-state index in [0.717, 1.165) is 12.1 Å². The van der Waals surface area contributed by atoms with Crippen LogP contribution < -0.4 is 21.1 Å². The molecule has 2 aliphatic rings. The second-order valence-electron chi connectivity index (χ2n) is 4.78. The average Bonchev–Trinajstić information content (AvgIpc) is 2.65. The fraction of sp³-hybridized carbons (Fsp3) is 0.333. The van der Waals surface area contributed by atoms with Crippen LogP contribution in [-0.4, -0.2) is 23.9 Å². The maximum Gasteiger partial charge on any atom is 0.322 e. The Kier molecular flexibility index (Phi) is 2.75. The Labute approximate surface area is 118 Å². The molecule has 0 saturated carbocycles. The lowest BCUT2D eigenvalue weighted by molar-refractivity contribution is -0.126. The van der Waals surface area contributed by atoms with Gasteiger partial charge in [-0.1, -0.05) is 0 Å². The van der Waals surface area contributed by atoms with E-state index in [9.17, 15) is 14.0 Å². The molecule has 2 heterocycles. The van der Waals surface area contributed by atoms with Crippen molar-refractivity contribution in [2.24, 2.45) is 0 Å². The van der Waals surface area contributed by atoms with E-state index >= 15 is 0 Å². The number of carbonyl (C=O) groups is 2. The van der Waals surface area contributed by atoms with Crippen molar-refractivity contribution in [2.45, 2.75) is 18.1 Å². The van der Waals surface area contributed by atoms with Crippen molar-refractivity contribution in [1.29, 1.82) is 0 Å². The molecule has 1 spiro atoms. The number of nitrogens with one attached hydrogen (secondary N) is 2. The smallest absolute Gasteiger partial charge is 0.322 e. The predicted octanol–water partition coefficient (Wildman–Crippen LogP) is 0.833. The third-order valence-electron chi connectivity index (χ3n) is 3.47. The lowest BCUT2D eigenvalue weighted by Gasteiger charge is -2.37. The van der Waals surface area contributed by atoms with Crippen molar-refractivity contribution in [3.8, 4) is 5.75 Å². The first-order valence-electron chi connectivity index (χ1n) is 5.92. The Bertz CT molecular complexity index is 624. The summed E-state index contributed by atoms with van der Waals surface area (Å²) in [5.41, 5.74) is 4.62. The summed E-state index contributed by atoms with van der Waals surface area (Å²) in [6, 6.07) is 1.60. The van der Waals surface area contributed by atoms with E-state index in [4.69, 9.17) is 22.1 Å². The largest absolute Gasteiger partial charge is 0.486 e. The molecule has 106 valence electrons. The van der Waals surface area contributed by atoms with Crippen LogP contribution in [0.5, 0.6) is 5.75 Å². The monoisotopic (exact) mass is 299 g/mol. The van der Waals surface area contributed by atoms with E-state index in [-0.39, 0.29) is 29.3 Å². The SMILES string of the molecule is Nc1cc(F)cc2c1OC(CCl)CC21NC(=O)NC1=O. The zero-order valence-electron chi connectivity index (χ0n) is 10.2. The van der Waals surface area contributed by atoms with Crippen molar-refractivity contribution in [2.75, 3.05) is 11.6 Å². The molecule has 1 aromatic rings. The third-order valence-corrected chi connectivity index (χ3v) is 3.82. The van der Waals surface area contributed by atoms with Crippen LogP contribution >= 0.6 is 11.6 Å². The van der Waals surface area contributed by atoms with Crippen LogP contribution in [0.2, 0.25) is 0 Å². The number of imide groups is 1. The van der Waals surface area contributed by atoms with Crippen LogP contribution in [0.25, 0.3) is 0 Å². The molecule has 6 nitrogen and oxygen atoms in total. The summed E-state index contributed by atoms with van der Waals surface area (Å²) in [5, 5.41) is 4.68. The van der Waals surface area contributed by atoms with Gasteiger partial charge in [0, 0.05) is 18.1 Å². The highest BCUT2D eigenvalue weighted by molar-refractivity contribution is 6.18. The van der Waals surface area contributed by atoms with Crippen LogP contribution in [0, 0.1) is 5.82 Å². The number of amides is 3. The third kappa shape index (κ3) is 1.70. The molecule has 0 bridgehead atoms. The number of hydrogen-bond acceptors (Lipinski definition) is 4. The number of anilines is 1. The van der Waals surface area contributed by atoms with Gasteiger partial charge in [0.1, 0.15) is 17.7 Å². The van der Waals surface area contributed by atoms with Crippen molar-refractivity contribution >= 4 is 29.2 Å². The Morgan fingerprint density at radius 2 is 2.25 bits per heavy atom. The lowest BCUT2D eigenvalue weighted by Crippen LogP contribution is -2.51. The normalized spacial score (nSPS) is 27.8. The second-order valence-corrected chi connectivity index (χ2v) is 5.09. The van der Waals surface area contributed by atoms with E-state index in [2.05, 4.69) is 10.6 Å². The molecular weight excluding hydrogens is 289 g/mol. The Hall–Kier alpha value is -2.02. The number of ether oxygens (including phenoxy) is 1. The van der Waals surface area contributed by atoms with Gasteiger partial charge in [-0.05, 0) is 6.07 Å². The van der Waals surface area contributed by atoms with Gasteiger partial charge in [-0.25, -0.2) is 9.18 Å². The van der Waals surface area contributed by atoms with Gasteiger partial charge in [-0.3, -0.25) is 10.1 Å². The van der Waals surface area contributed by atoms with Crippen molar-refractivity contribution < 1.29 is 18.7 Å². The van der Waals surface area contributed by atoms with Crippen LogP contribution in [0.15, 0.2) is 12.1 Å². The first-order valence-corrected chi connectivity index (χ1v) is 6.45. The number of carbonyl (C=O) groups excluding carboxylic acids is 2. The van der Waals surface area contributed by atoms with Crippen molar-refractivity contribution in [3.63, 3.8) is 0 Å². The molecule has 1 aromatic carbocycles. The Morgan fingerprint density at radius 1 is 1.50 bits per heavy atom. The molecule has 20 heavy (non-hydrogen) atoms. The summed E-state index contributed by atoms with van der Waals surface area (Å²) in [6.07, 6.45) is -0.398. The first kappa shape index (κ1) is 13.0. The number of rotatable bonds is 1. The summed E-state index contributed by atoms with van der Waals surface area (Å²) >= 11 is 5.79. The molecule has 3 rings (SSSR count). The number of nitrogens with two attached hydrogens (primary N) is 1. The number of benzene rings is 1. The highest BCUT2D eigenvalue weighted by atomic mass is 35.5. The van der Waals surface area contributed by atoms with Gasteiger partial charge in [0.05, 0.1) is 11.6 Å². The molecule has 1 fully saturated rings. The van der Waals surface area contributed by atoms with E-state index in [0.29, 0.717) is 0 Å². The minimum atomic E-state index is -1.39. The number of hydrogen-bond donors (Lipinski definition) is 3. The van der Waals surface area contributed by atoms with Gasteiger partial charge in [0.15, 0.2) is 5.54 Å².